The lowest BCUT2D eigenvalue weighted by Gasteiger charge is -2.22. The first-order chi connectivity index (χ1) is 11.5. The zero-order valence-corrected chi connectivity index (χ0v) is 13.4. The van der Waals surface area contributed by atoms with Crippen molar-refractivity contribution in [1.29, 1.82) is 0 Å². The number of urea groups is 1. The molecule has 0 saturated carbocycles. The second-order valence-corrected chi connectivity index (χ2v) is 5.78. The molecule has 1 fully saturated rings. The second kappa shape index (κ2) is 5.96. The van der Waals surface area contributed by atoms with E-state index in [9.17, 15) is 14.0 Å². The van der Waals surface area contributed by atoms with Crippen molar-refractivity contribution in [2.45, 2.75) is 19.0 Å². The molecule has 24 heavy (non-hydrogen) atoms. The number of carbonyl (C=O) groups is 2. The number of ether oxygens (including phenoxy) is 1. The van der Waals surface area contributed by atoms with Crippen molar-refractivity contribution >= 4 is 11.9 Å². The van der Waals surface area contributed by atoms with Crippen molar-refractivity contribution in [1.82, 2.24) is 10.2 Å². The van der Waals surface area contributed by atoms with Gasteiger partial charge in [-0.3, -0.25) is 9.69 Å². The molecule has 124 valence electrons. The predicted molar refractivity (Wildman–Crippen MR) is 85.8 cm³/mol. The largest absolute Gasteiger partial charge is 0.494 e. The van der Waals surface area contributed by atoms with E-state index in [0.717, 1.165) is 4.90 Å². The molecular weight excluding hydrogens is 311 g/mol. The molecule has 0 aromatic heterocycles. The van der Waals surface area contributed by atoms with E-state index in [0.29, 0.717) is 11.1 Å². The molecule has 0 spiro atoms. The van der Waals surface area contributed by atoms with E-state index in [-0.39, 0.29) is 18.2 Å². The Hall–Kier alpha value is -2.89. The fourth-order valence-electron chi connectivity index (χ4n) is 2.80. The van der Waals surface area contributed by atoms with Crippen LogP contribution in [0.5, 0.6) is 5.75 Å². The first kappa shape index (κ1) is 16.0. The maximum atomic E-state index is 13.8. The van der Waals surface area contributed by atoms with E-state index in [1.807, 2.05) is 18.2 Å². The zero-order valence-electron chi connectivity index (χ0n) is 13.4. The number of rotatable bonds is 4. The molecule has 3 amide bonds. The molecule has 2 aromatic rings. The quantitative estimate of drug-likeness (QED) is 0.878. The van der Waals surface area contributed by atoms with Crippen molar-refractivity contribution in [2.24, 2.45) is 0 Å². The van der Waals surface area contributed by atoms with E-state index < -0.39 is 17.4 Å². The van der Waals surface area contributed by atoms with Gasteiger partial charge in [0, 0.05) is 0 Å². The Morgan fingerprint density at radius 2 is 1.88 bits per heavy atom. The molecule has 0 aliphatic carbocycles. The summed E-state index contributed by atoms with van der Waals surface area (Å²) < 4.78 is 18.7. The molecule has 6 heteroatoms. The number of methoxy groups -OCH3 is 1. The van der Waals surface area contributed by atoms with E-state index in [4.69, 9.17) is 4.74 Å². The molecule has 1 atom stereocenters. The van der Waals surface area contributed by atoms with Gasteiger partial charge in [0.25, 0.3) is 5.91 Å². The summed E-state index contributed by atoms with van der Waals surface area (Å²) in [6.45, 7) is 1.66. The minimum Gasteiger partial charge on any atom is -0.494 e. The number of benzene rings is 2. The summed E-state index contributed by atoms with van der Waals surface area (Å²) in [5, 5.41) is 2.72. The summed E-state index contributed by atoms with van der Waals surface area (Å²) in [5.74, 6) is -0.784. The SMILES string of the molecule is COc1ccc(CN2C(=O)N[C@@](C)(c3ccccc3)C2=O)cc1F. The summed E-state index contributed by atoms with van der Waals surface area (Å²) in [6.07, 6.45) is 0. The molecule has 1 N–H and O–H groups in total. The zero-order chi connectivity index (χ0) is 17.3. The Bertz CT molecular complexity index is 794. The second-order valence-electron chi connectivity index (χ2n) is 5.78. The van der Waals surface area contributed by atoms with Crippen LogP contribution in [0.2, 0.25) is 0 Å². The lowest BCUT2D eigenvalue weighted by molar-refractivity contribution is -0.131. The van der Waals surface area contributed by atoms with Crippen molar-refractivity contribution in [3.8, 4) is 5.75 Å². The number of nitrogens with zero attached hydrogens (tertiary/aromatic N) is 1. The van der Waals surface area contributed by atoms with Crippen LogP contribution in [0.25, 0.3) is 0 Å². The number of halogens is 1. The standard InChI is InChI=1S/C18H17FN2O3/c1-18(13-6-4-3-5-7-13)16(22)21(17(23)20-18)11-12-8-9-15(24-2)14(19)10-12/h3-10H,11H2,1-2H3,(H,20,23)/t18-/m0/s1. The normalized spacial score (nSPS) is 20.2. The highest BCUT2D eigenvalue weighted by Gasteiger charge is 2.48. The minimum absolute atomic E-state index is 0.00595. The Kier molecular flexibility index (Phi) is 3.97. The van der Waals surface area contributed by atoms with E-state index in [2.05, 4.69) is 5.32 Å². The van der Waals surface area contributed by atoms with Crippen LogP contribution in [0.3, 0.4) is 0 Å². The fourth-order valence-corrected chi connectivity index (χ4v) is 2.80. The van der Waals surface area contributed by atoms with E-state index in [1.54, 1.807) is 25.1 Å². The number of hydrogen-bond acceptors (Lipinski definition) is 3. The average Bonchev–Trinajstić information content (AvgIpc) is 2.80. The number of imide groups is 1. The van der Waals surface area contributed by atoms with Gasteiger partial charge in [-0.1, -0.05) is 36.4 Å². The highest BCUT2D eigenvalue weighted by atomic mass is 19.1. The van der Waals surface area contributed by atoms with Crippen LogP contribution in [-0.4, -0.2) is 23.9 Å². The highest BCUT2D eigenvalue weighted by molar-refractivity contribution is 6.07. The van der Waals surface area contributed by atoms with Crippen molar-refractivity contribution in [3.63, 3.8) is 0 Å². The van der Waals surface area contributed by atoms with Crippen molar-refractivity contribution < 1.29 is 18.7 Å². The third-order valence-electron chi connectivity index (χ3n) is 4.18. The van der Waals surface area contributed by atoms with E-state index in [1.165, 1.54) is 19.2 Å². The van der Waals surface area contributed by atoms with Crippen molar-refractivity contribution in [2.75, 3.05) is 7.11 Å². The average molecular weight is 328 g/mol. The predicted octanol–water partition coefficient (Wildman–Crippen LogP) is 2.80. The number of nitrogens with one attached hydrogen (secondary N) is 1. The number of hydrogen-bond donors (Lipinski definition) is 1. The molecule has 2 aromatic carbocycles. The molecule has 0 unspecified atom stereocenters. The van der Waals surface area contributed by atoms with Gasteiger partial charge < -0.3 is 10.1 Å². The van der Waals surface area contributed by atoms with Gasteiger partial charge in [0.2, 0.25) is 0 Å². The molecule has 5 nitrogen and oxygen atoms in total. The van der Waals surface area contributed by atoms with Crippen LogP contribution in [0, 0.1) is 5.82 Å². The van der Waals surface area contributed by atoms with Gasteiger partial charge in [0.05, 0.1) is 13.7 Å². The van der Waals surface area contributed by atoms with Crippen LogP contribution in [0.15, 0.2) is 48.5 Å². The van der Waals surface area contributed by atoms with Gasteiger partial charge in [-0.05, 0) is 30.2 Å². The van der Waals surface area contributed by atoms with Gasteiger partial charge in [-0.15, -0.1) is 0 Å². The molecular formula is C18H17FN2O3. The van der Waals surface area contributed by atoms with Crippen LogP contribution in [-0.2, 0) is 16.9 Å². The van der Waals surface area contributed by atoms with Gasteiger partial charge in [-0.2, -0.15) is 0 Å². The lowest BCUT2D eigenvalue weighted by atomic mass is 9.92. The summed E-state index contributed by atoms with van der Waals surface area (Å²) >= 11 is 0. The molecule has 3 rings (SSSR count). The first-order valence-electron chi connectivity index (χ1n) is 7.48. The third-order valence-corrected chi connectivity index (χ3v) is 4.18. The van der Waals surface area contributed by atoms with Crippen LogP contribution >= 0.6 is 0 Å². The van der Waals surface area contributed by atoms with Gasteiger partial charge in [-0.25, -0.2) is 9.18 Å². The maximum absolute atomic E-state index is 13.8. The number of amides is 3. The monoisotopic (exact) mass is 328 g/mol. The molecule has 0 bridgehead atoms. The summed E-state index contributed by atoms with van der Waals surface area (Å²) in [4.78, 5) is 26.1. The first-order valence-corrected chi connectivity index (χ1v) is 7.48. The highest BCUT2D eigenvalue weighted by Crippen LogP contribution is 2.30. The van der Waals surface area contributed by atoms with Gasteiger partial charge in [0.1, 0.15) is 5.54 Å². The van der Waals surface area contributed by atoms with Gasteiger partial charge in [0.15, 0.2) is 11.6 Å². The molecule has 1 saturated heterocycles. The summed E-state index contributed by atoms with van der Waals surface area (Å²) in [7, 11) is 1.38. The van der Waals surface area contributed by atoms with Crippen LogP contribution in [0.4, 0.5) is 9.18 Å². The lowest BCUT2D eigenvalue weighted by Crippen LogP contribution is -2.40. The Balaban J connectivity index is 1.86. The fraction of sp³-hybridized carbons (Fsp3) is 0.222. The Morgan fingerprint density at radius 3 is 2.50 bits per heavy atom. The van der Waals surface area contributed by atoms with Crippen LogP contribution < -0.4 is 10.1 Å². The van der Waals surface area contributed by atoms with Gasteiger partial charge >= 0.3 is 6.03 Å². The Morgan fingerprint density at radius 1 is 1.17 bits per heavy atom. The van der Waals surface area contributed by atoms with Crippen LogP contribution in [0.1, 0.15) is 18.1 Å². The van der Waals surface area contributed by atoms with Crippen molar-refractivity contribution in [3.05, 3.63) is 65.5 Å². The maximum Gasteiger partial charge on any atom is 0.325 e. The smallest absolute Gasteiger partial charge is 0.325 e. The summed E-state index contributed by atoms with van der Waals surface area (Å²) in [6, 6.07) is 12.9. The number of carbonyl (C=O) groups excluding carboxylic acids is 2. The molecule has 1 aliphatic heterocycles. The molecule has 1 heterocycles. The Labute approximate surface area is 139 Å². The molecule has 0 radical (unpaired) electrons. The van der Waals surface area contributed by atoms with E-state index >= 15 is 0 Å². The minimum atomic E-state index is -1.12. The third kappa shape index (κ3) is 2.60. The summed E-state index contributed by atoms with van der Waals surface area (Å²) in [5.41, 5.74) is 0.0875. The molecule has 1 aliphatic rings. The topological polar surface area (TPSA) is 58.6 Å².